The number of nitrogens with zero attached hydrogens (tertiary/aromatic N) is 1. The van der Waals surface area contributed by atoms with E-state index in [4.69, 9.17) is 16.6 Å². The second-order valence-electron chi connectivity index (χ2n) is 5.17. The Morgan fingerprint density at radius 2 is 2.18 bits per heavy atom. The van der Waals surface area contributed by atoms with Crippen molar-refractivity contribution >= 4 is 22.6 Å². The Balaban J connectivity index is 1.79. The first-order chi connectivity index (χ1) is 8.29. The fraction of sp³-hybridized carbons (Fsp3) is 0.357. The Kier molecular flexibility index (Phi) is 1.92. The second kappa shape index (κ2) is 3.36. The third-order valence-corrected chi connectivity index (χ3v) is 4.33. The van der Waals surface area contributed by atoms with Crippen LogP contribution in [0.5, 0.6) is 0 Å². The van der Waals surface area contributed by atoms with Gasteiger partial charge in [-0.3, -0.25) is 0 Å². The third kappa shape index (κ3) is 1.44. The summed E-state index contributed by atoms with van der Waals surface area (Å²) in [4.78, 5) is 8.14. The summed E-state index contributed by atoms with van der Waals surface area (Å²) in [6.45, 7) is 0. The van der Waals surface area contributed by atoms with Crippen molar-refractivity contribution in [3.8, 4) is 0 Å². The first kappa shape index (κ1) is 9.72. The van der Waals surface area contributed by atoms with Crippen molar-refractivity contribution in [2.75, 3.05) is 0 Å². The van der Waals surface area contributed by atoms with E-state index in [1.165, 1.54) is 12.8 Å². The summed E-state index contributed by atoms with van der Waals surface area (Å²) >= 11 is 5.99. The predicted molar refractivity (Wildman–Crippen MR) is 69.2 cm³/mol. The van der Waals surface area contributed by atoms with Crippen molar-refractivity contribution in [2.45, 2.75) is 18.8 Å². The smallest absolute Gasteiger partial charge is 0.110 e. The van der Waals surface area contributed by atoms with Gasteiger partial charge in [0.15, 0.2) is 0 Å². The van der Waals surface area contributed by atoms with Gasteiger partial charge in [0.05, 0.1) is 11.0 Å². The average molecular weight is 245 g/mol. The number of halogens is 1. The maximum absolute atomic E-state index is 5.99. The molecule has 17 heavy (non-hydrogen) atoms. The zero-order valence-corrected chi connectivity index (χ0v) is 10.1. The van der Waals surface area contributed by atoms with E-state index in [1.54, 1.807) is 0 Å². The molecule has 0 spiro atoms. The number of aromatic nitrogens is 2. The number of imidazole rings is 1. The Hall–Kier alpha value is -1.28. The highest BCUT2D eigenvalue weighted by Crippen LogP contribution is 2.48. The van der Waals surface area contributed by atoms with Crippen LogP contribution < -0.4 is 0 Å². The first-order valence-corrected chi connectivity index (χ1v) is 6.51. The molecule has 1 fully saturated rings. The van der Waals surface area contributed by atoms with Crippen LogP contribution in [0.25, 0.3) is 11.0 Å². The van der Waals surface area contributed by atoms with Crippen LogP contribution in [-0.2, 0) is 0 Å². The van der Waals surface area contributed by atoms with E-state index in [0.717, 1.165) is 27.8 Å². The van der Waals surface area contributed by atoms with Crippen LogP contribution in [0.3, 0.4) is 0 Å². The van der Waals surface area contributed by atoms with Crippen molar-refractivity contribution in [1.29, 1.82) is 0 Å². The summed E-state index contributed by atoms with van der Waals surface area (Å²) in [5.74, 6) is 3.19. The minimum absolute atomic E-state index is 0.580. The van der Waals surface area contributed by atoms with E-state index < -0.39 is 0 Å². The molecule has 1 N–H and O–H groups in total. The molecule has 2 aliphatic rings. The minimum atomic E-state index is 0.580. The number of hydrogen-bond acceptors (Lipinski definition) is 1. The van der Waals surface area contributed by atoms with E-state index in [9.17, 15) is 0 Å². The van der Waals surface area contributed by atoms with Crippen molar-refractivity contribution in [1.82, 2.24) is 9.97 Å². The quantitative estimate of drug-likeness (QED) is 0.758. The number of hydrogen-bond donors (Lipinski definition) is 1. The molecule has 0 aliphatic heterocycles. The molecule has 2 nitrogen and oxygen atoms in total. The Morgan fingerprint density at radius 1 is 1.24 bits per heavy atom. The summed E-state index contributed by atoms with van der Waals surface area (Å²) in [5, 5.41) is 0.764. The molecule has 1 saturated carbocycles. The molecule has 1 aromatic carbocycles. The predicted octanol–water partition coefficient (Wildman–Crippen LogP) is 3.90. The van der Waals surface area contributed by atoms with Crippen LogP contribution in [0.2, 0.25) is 5.02 Å². The average Bonchev–Trinajstić information content (AvgIpc) is 3.01. The van der Waals surface area contributed by atoms with Crippen LogP contribution in [0, 0.1) is 11.8 Å². The van der Waals surface area contributed by atoms with Gasteiger partial charge in [0, 0.05) is 10.9 Å². The molecule has 0 saturated heterocycles. The van der Waals surface area contributed by atoms with E-state index in [-0.39, 0.29) is 0 Å². The van der Waals surface area contributed by atoms with Gasteiger partial charge in [0.1, 0.15) is 5.82 Å². The zero-order valence-electron chi connectivity index (χ0n) is 9.36. The topological polar surface area (TPSA) is 28.7 Å². The maximum atomic E-state index is 5.99. The van der Waals surface area contributed by atoms with E-state index in [1.807, 2.05) is 18.2 Å². The third-order valence-electron chi connectivity index (χ3n) is 4.09. The van der Waals surface area contributed by atoms with E-state index in [2.05, 4.69) is 17.1 Å². The van der Waals surface area contributed by atoms with Gasteiger partial charge < -0.3 is 4.98 Å². The largest absolute Gasteiger partial charge is 0.342 e. The monoisotopic (exact) mass is 244 g/mol. The van der Waals surface area contributed by atoms with Crippen LogP contribution in [-0.4, -0.2) is 9.97 Å². The SMILES string of the molecule is Clc1ccc2nc(C3CC4C=CC3C4)[nH]c2c1. The van der Waals surface area contributed by atoms with Gasteiger partial charge in [0.25, 0.3) is 0 Å². The highest BCUT2D eigenvalue weighted by molar-refractivity contribution is 6.31. The summed E-state index contributed by atoms with van der Waals surface area (Å²) in [7, 11) is 0. The molecule has 3 unspecified atom stereocenters. The van der Waals surface area contributed by atoms with Crippen LogP contribution >= 0.6 is 11.6 Å². The molecule has 1 aromatic heterocycles. The summed E-state index contributed by atoms with van der Waals surface area (Å²) in [6.07, 6.45) is 7.27. The highest BCUT2D eigenvalue weighted by Gasteiger charge is 2.38. The lowest BCUT2D eigenvalue weighted by Gasteiger charge is -2.14. The zero-order chi connectivity index (χ0) is 11.4. The number of rotatable bonds is 1. The molecule has 2 aromatic rings. The molecular formula is C14H13ClN2. The van der Waals surface area contributed by atoms with Gasteiger partial charge in [-0.2, -0.15) is 0 Å². The molecule has 1 heterocycles. The number of aromatic amines is 1. The molecule has 3 heteroatoms. The molecule has 2 bridgehead atoms. The normalized spacial score (nSPS) is 30.5. The van der Waals surface area contributed by atoms with Crippen LogP contribution in [0.15, 0.2) is 30.4 Å². The number of allylic oxidation sites excluding steroid dienone is 2. The minimum Gasteiger partial charge on any atom is -0.342 e. The molecule has 0 radical (unpaired) electrons. The summed E-state index contributed by atoms with van der Waals surface area (Å²) in [5.41, 5.74) is 2.08. The summed E-state index contributed by atoms with van der Waals surface area (Å²) < 4.78 is 0. The number of benzene rings is 1. The molecular weight excluding hydrogens is 232 g/mol. The number of fused-ring (bicyclic) bond motifs is 3. The lowest BCUT2D eigenvalue weighted by atomic mass is 9.93. The van der Waals surface area contributed by atoms with E-state index >= 15 is 0 Å². The van der Waals surface area contributed by atoms with Crippen LogP contribution in [0.4, 0.5) is 0 Å². The Bertz CT molecular complexity index is 614. The fourth-order valence-electron chi connectivity index (χ4n) is 3.27. The Morgan fingerprint density at radius 3 is 2.94 bits per heavy atom. The van der Waals surface area contributed by atoms with Gasteiger partial charge >= 0.3 is 0 Å². The Labute approximate surface area is 105 Å². The van der Waals surface area contributed by atoms with Gasteiger partial charge in [-0.25, -0.2) is 4.98 Å². The maximum Gasteiger partial charge on any atom is 0.110 e. The molecule has 2 aliphatic carbocycles. The highest BCUT2D eigenvalue weighted by atomic mass is 35.5. The standard InChI is InChI=1S/C14H13ClN2/c15-10-3-4-12-13(7-10)17-14(16-12)11-6-8-1-2-9(11)5-8/h1-4,7-9,11H,5-6H2,(H,16,17). The van der Waals surface area contributed by atoms with Gasteiger partial charge in [0.2, 0.25) is 0 Å². The second-order valence-corrected chi connectivity index (χ2v) is 5.61. The van der Waals surface area contributed by atoms with Crippen molar-refractivity contribution in [3.63, 3.8) is 0 Å². The number of H-pyrrole nitrogens is 1. The summed E-state index contributed by atoms with van der Waals surface area (Å²) in [6, 6.07) is 5.84. The van der Waals surface area contributed by atoms with E-state index in [0.29, 0.717) is 11.8 Å². The van der Waals surface area contributed by atoms with Crippen LogP contribution in [0.1, 0.15) is 24.6 Å². The van der Waals surface area contributed by atoms with Crippen molar-refractivity contribution < 1.29 is 0 Å². The lowest BCUT2D eigenvalue weighted by Crippen LogP contribution is -2.06. The molecule has 3 atom stereocenters. The van der Waals surface area contributed by atoms with Crippen molar-refractivity contribution in [2.24, 2.45) is 11.8 Å². The number of nitrogens with one attached hydrogen (secondary N) is 1. The molecule has 4 rings (SSSR count). The van der Waals surface area contributed by atoms with Crippen molar-refractivity contribution in [3.05, 3.63) is 41.2 Å². The van der Waals surface area contributed by atoms with Gasteiger partial charge in [-0.05, 0) is 42.9 Å². The lowest BCUT2D eigenvalue weighted by molar-refractivity contribution is 0.559. The fourth-order valence-corrected chi connectivity index (χ4v) is 3.44. The first-order valence-electron chi connectivity index (χ1n) is 6.13. The molecule has 86 valence electrons. The molecule has 0 amide bonds. The van der Waals surface area contributed by atoms with Gasteiger partial charge in [-0.1, -0.05) is 23.8 Å². The van der Waals surface area contributed by atoms with Gasteiger partial charge in [-0.15, -0.1) is 0 Å².